The van der Waals surface area contributed by atoms with E-state index in [9.17, 15) is 4.39 Å². The number of pyridine rings is 2. The maximum Gasteiger partial charge on any atom is 0.197 e. The average Bonchev–Trinajstić information content (AvgIpc) is 3.45. The molecule has 10 heteroatoms. The first kappa shape index (κ1) is 21.1. The van der Waals surface area contributed by atoms with Gasteiger partial charge in [-0.2, -0.15) is 0 Å². The van der Waals surface area contributed by atoms with Crippen molar-refractivity contribution in [3.63, 3.8) is 0 Å². The van der Waals surface area contributed by atoms with Crippen LogP contribution in [0.4, 0.5) is 4.39 Å². The van der Waals surface area contributed by atoms with Crippen LogP contribution in [0.1, 0.15) is 35.7 Å². The molecule has 33 heavy (non-hydrogen) atoms. The first-order valence-corrected chi connectivity index (χ1v) is 10.6. The molecule has 4 aromatic rings. The van der Waals surface area contributed by atoms with E-state index in [2.05, 4.69) is 25.2 Å². The van der Waals surface area contributed by atoms with Gasteiger partial charge in [0.1, 0.15) is 12.4 Å². The van der Waals surface area contributed by atoms with Crippen LogP contribution in [0, 0.1) is 12.7 Å². The first-order chi connectivity index (χ1) is 16.0. The molecular weight excluding hydrogens is 427 g/mol. The lowest BCUT2D eigenvalue weighted by atomic mass is 10.1. The molecule has 0 saturated carbocycles. The number of nitrogens with zero attached hydrogens (tertiary/aromatic N) is 6. The number of rotatable bonds is 7. The minimum Gasteiger partial charge on any atom is -0.490 e. The molecule has 0 N–H and O–H groups in total. The zero-order valence-electron chi connectivity index (χ0n) is 18.5. The monoisotopic (exact) mass is 450 g/mol. The lowest BCUT2D eigenvalue weighted by molar-refractivity contribution is 0.146. The summed E-state index contributed by atoms with van der Waals surface area (Å²) in [5.41, 5.74) is 3.36. The minimum atomic E-state index is -0.478. The highest BCUT2D eigenvalue weighted by Crippen LogP contribution is 2.30. The van der Waals surface area contributed by atoms with Crippen molar-refractivity contribution in [1.29, 1.82) is 0 Å². The van der Waals surface area contributed by atoms with Gasteiger partial charge in [-0.1, -0.05) is 5.16 Å². The highest BCUT2D eigenvalue weighted by atomic mass is 19.1. The summed E-state index contributed by atoms with van der Waals surface area (Å²) in [6.45, 7) is 5.38. The molecule has 0 unspecified atom stereocenters. The normalized spacial score (nSPS) is 14.0. The molecule has 1 atom stereocenters. The van der Waals surface area contributed by atoms with E-state index in [-0.39, 0.29) is 11.7 Å². The average molecular weight is 450 g/mol. The third-order valence-electron chi connectivity index (χ3n) is 5.58. The molecule has 170 valence electrons. The Morgan fingerprint density at radius 1 is 1.21 bits per heavy atom. The maximum atomic E-state index is 14.8. The Hall–Kier alpha value is -3.79. The number of hydrogen-bond donors (Lipinski definition) is 0. The first-order valence-electron chi connectivity index (χ1n) is 10.6. The van der Waals surface area contributed by atoms with Gasteiger partial charge in [0.05, 0.1) is 30.2 Å². The van der Waals surface area contributed by atoms with Crippen LogP contribution in [0.3, 0.4) is 0 Å². The molecule has 0 fully saturated rings. The fourth-order valence-electron chi connectivity index (χ4n) is 3.82. The number of aryl methyl sites for hydroxylation is 1. The smallest absolute Gasteiger partial charge is 0.197 e. The predicted octanol–water partition coefficient (Wildman–Crippen LogP) is 3.80. The van der Waals surface area contributed by atoms with Gasteiger partial charge in [0.2, 0.25) is 0 Å². The standard InChI is InChI=1S/C23H23FN6O3/c1-14-8-21(33-28-14)17-10-19(24)23-27-26-22(30(23)13-17)15(2)29-5-4-20-16(12-29)9-18(11-25-20)32-7-6-31-3/h4-5,8-11,13,15H,6-7,12H2,1-3H3/t15-/m1/s1. The maximum absolute atomic E-state index is 14.8. The molecular formula is C23H23FN6O3. The van der Waals surface area contributed by atoms with Crippen molar-refractivity contribution in [2.45, 2.75) is 26.4 Å². The molecule has 4 aromatic heterocycles. The van der Waals surface area contributed by atoms with Crippen LogP contribution in [0.25, 0.3) is 23.0 Å². The van der Waals surface area contributed by atoms with Gasteiger partial charge in [-0.25, -0.2) is 4.39 Å². The van der Waals surface area contributed by atoms with Crippen molar-refractivity contribution in [3.8, 4) is 17.1 Å². The highest BCUT2D eigenvalue weighted by Gasteiger charge is 2.24. The van der Waals surface area contributed by atoms with Gasteiger partial charge in [0, 0.05) is 43.2 Å². The Morgan fingerprint density at radius 2 is 2.09 bits per heavy atom. The molecule has 0 radical (unpaired) electrons. The van der Waals surface area contributed by atoms with Crippen LogP contribution in [0.15, 0.2) is 41.3 Å². The van der Waals surface area contributed by atoms with E-state index in [1.165, 1.54) is 6.07 Å². The highest BCUT2D eigenvalue weighted by molar-refractivity contribution is 5.60. The molecule has 0 amide bonds. The molecule has 0 bridgehead atoms. The Balaban J connectivity index is 1.43. The van der Waals surface area contributed by atoms with E-state index in [0.717, 1.165) is 17.0 Å². The summed E-state index contributed by atoms with van der Waals surface area (Å²) in [5.74, 6) is 1.31. The summed E-state index contributed by atoms with van der Waals surface area (Å²) >= 11 is 0. The molecule has 0 aliphatic carbocycles. The lowest BCUT2D eigenvalue weighted by Crippen LogP contribution is -2.25. The number of halogens is 1. The molecule has 0 saturated heterocycles. The number of ether oxygens (including phenoxy) is 2. The summed E-state index contributed by atoms with van der Waals surface area (Å²) in [7, 11) is 1.63. The SMILES string of the molecule is COCCOc1cnc2c(c1)CN([C@H](C)c1nnc3c(F)cc(-c4cc(C)no4)cn13)C=C2. The second-order valence-corrected chi connectivity index (χ2v) is 7.88. The van der Waals surface area contributed by atoms with Crippen LogP contribution in [0.5, 0.6) is 5.75 Å². The molecule has 1 aliphatic heterocycles. The van der Waals surface area contributed by atoms with E-state index in [1.54, 1.807) is 30.0 Å². The van der Waals surface area contributed by atoms with E-state index < -0.39 is 5.82 Å². The molecule has 5 heterocycles. The summed E-state index contributed by atoms with van der Waals surface area (Å²) in [4.78, 5) is 6.58. The Kier molecular flexibility index (Phi) is 5.51. The van der Waals surface area contributed by atoms with Crippen molar-refractivity contribution in [3.05, 3.63) is 65.4 Å². The molecule has 9 nitrogen and oxygen atoms in total. The quantitative estimate of drug-likeness (QED) is 0.393. The van der Waals surface area contributed by atoms with Gasteiger partial charge in [-0.05, 0) is 32.1 Å². The summed E-state index contributed by atoms with van der Waals surface area (Å²) in [5, 5.41) is 12.3. The van der Waals surface area contributed by atoms with E-state index >= 15 is 0 Å². The van der Waals surface area contributed by atoms with Crippen LogP contribution < -0.4 is 4.74 Å². The van der Waals surface area contributed by atoms with Crippen LogP contribution in [-0.4, -0.2) is 50.0 Å². The fourth-order valence-corrected chi connectivity index (χ4v) is 3.82. The van der Waals surface area contributed by atoms with Crippen LogP contribution >= 0.6 is 0 Å². The third-order valence-corrected chi connectivity index (χ3v) is 5.58. The van der Waals surface area contributed by atoms with Gasteiger partial charge in [-0.3, -0.25) is 9.38 Å². The topological polar surface area (TPSA) is 90.8 Å². The fraction of sp³-hybridized carbons (Fsp3) is 0.304. The second-order valence-electron chi connectivity index (χ2n) is 7.88. The van der Waals surface area contributed by atoms with Gasteiger partial charge < -0.3 is 18.9 Å². The number of aromatic nitrogens is 5. The van der Waals surface area contributed by atoms with Crippen molar-refractivity contribution >= 4 is 11.7 Å². The van der Waals surface area contributed by atoms with Crippen molar-refractivity contribution < 1.29 is 18.4 Å². The van der Waals surface area contributed by atoms with E-state index in [4.69, 9.17) is 14.0 Å². The summed E-state index contributed by atoms with van der Waals surface area (Å²) in [6, 6.07) is 4.94. The predicted molar refractivity (Wildman–Crippen MR) is 118 cm³/mol. The van der Waals surface area contributed by atoms with Crippen molar-refractivity contribution in [1.82, 2.24) is 29.6 Å². The Bertz CT molecular complexity index is 1330. The summed E-state index contributed by atoms with van der Waals surface area (Å²) < 4.78 is 32.5. The Morgan fingerprint density at radius 3 is 2.88 bits per heavy atom. The van der Waals surface area contributed by atoms with E-state index in [1.807, 2.05) is 32.2 Å². The molecule has 0 aromatic carbocycles. The minimum absolute atomic E-state index is 0.161. The Labute approximate surface area is 189 Å². The zero-order chi connectivity index (χ0) is 22.9. The number of methoxy groups -OCH3 is 1. The summed E-state index contributed by atoms with van der Waals surface area (Å²) in [6.07, 6.45) is 7.39. The molecule has 0 spiro atoms. The zero-order valence-corrected chi connectivity index (χ0v) is 18.5. The number of fused-ring (bicyclic) bond motifs is 2. The van der Waals surface area contributed by atoms with Gasteiger partial charge >= 0.3 is 0 Å². The lowest BCUT2D eigenvalue weighted by Gasteiger charge is -2.30. The molecule has 1 aliphatic rings. The number of hydrogen-bond acceptors (Lipinski definition) is 8. The van der Waals surface area contributed by atoms with E-state index in [0.29, 0.717) is 42.7 Å². The van der Waals surface area contributed by atoms with Crippen LogP contribution in [-0.2, 0) is 11.3 Å². The van der Waals surface area contributed by atoms with Crippen LogP contribution in [0.2, 0.25) is 0 Å². The van der Waals surface area contributed by atoms with Crippen molar-refractivity contribution in [2.24, 2.45) is 0 Å². The van der Waals surface area contributed by atoms with Crippen molar-refractivity contribution in [2.75, 3.05) is 20.3 Å². The molecule has 5 rings (SSSR count). The second kappa shape index (κ2) is 8.62. The van der Waals surface area contributed by atoms with Gasteiger partial charge in [-0.15, -0.1) is 10.2 Å². The van der Waals surface area contributed by atoms with Gasteiger partial charge in [0.15, 0.2) is 23.0 Å². The third kappa shape index (κ3) is 4.05. The largest absolute Gasteiger partial charge is 0.490 e. The van der Waals surface area contributed by atoms with Gasteiger partial charge in [0.25, 0.3) is 0 Å².